The second kappa shape index (κ2) is 12.4. The summed E-state index contributed by atoms with van der Waals surface area (Å²) in [4.78, 5) is 0.239. The van der Waals surface area contributed by atoms with E-state index in [4.69, 9.17) is 10.2 Å². The molecule has 10 heteroatoms. The molecule has 0 spiro atoms. The molecule has 38 heavy (non-hydrogen) atoms. The number of rotatable bonds is 9. The maximum Gasteiger partial charge on any atom is 0.261 e. The standard InChI is InChI=1S/C28H40N4O3SSi.ClH/c1-23(20-31-21-25(19-30-31)36(33,34)32-17-15-24(29)16-18-32)22-35-37(28(2,3)4,26-11-7-5-8-12-26)27-13-9-6-10-14-27;/h5-14,19,21,23-24H,15-18,20,22,29H2,1-4H3;1H. The first-order valence-corrected chi connectivity index (χ1v) is 16.4. The number of hydrogen-bond donors (Lipinski definition) is 1. The van der Waals surface area contributed by atoms with Crippen LogP contribution in [0, 0.1) is 5.92 Å². The van der Waals surface area contributed by atoms with E-state index >= 15 is 0 Å². The van der Waals surface area contributed by atoms with Gasteiger partial charge in [0.25, 0.3) is 8.32 Å². The third-order valence-electron chi connectivity index (χ3n) is 7.25. The van der Waals surface area contributed by atoms with Crippen LogP contribution in [0.25, 0.3) is 0 Å². The normalized spacial score (nSPS) is 16.7. The fourth-order valence-corrected chi connectivity index (χ4v) is 11.4. The lowest BCUT2D eigenvalue weighted by molar-refractivity contribution is 0.227. The van der Waals surface area contributed by atoms with E-state index in [1.807, 2.05) is 12.1 Å². The quantitative estimate of drug-likeness (QED) is 0.393. The predicted molar refractivity (Wildman–Crippen MR) is 158 cm³/mol. The molecule has 2 heterocycles. The van der Waals surface area contributed by atoms with Crippen molar-refractivity contribution in [1.29, 1.82) is 0 Å². The summed E-state index contributed by atoms with van der Waals surface area (Å²) in [5.74, 6) is 0.130. The van der Waals surface area contributed by atoms with Gasteiger partial charge in [-0.1, -0.05) is 88.4 Å². The Labute approximate surface area is 235 Å². The van der Waals surface area contributed by atoms with Gasteiger partial charge >= 0.3 is 0 Å². The second-order valence-electron chi connectivity index (χ2n) is 11.2. The topological polar surface area (TPSA) is 90.5 Å². The summed E-state index contributed by atoms with van der Waals surface area (Å²) in [6, 6.07) is 21.2. The molecule has 0 aliphatic carbocycles. The monoisotopic (exact) mass is 576 g/mol. The van der Waals surface area contributed by atoms with Crippen molar-refractivity contribution in [2.45, 2.75) is 63.1 Å². The lowest BCUT2D eigenvalue weighted by Gasteiger charge is -2.43. The fraction of sp³-hybridized carbons (Fsp3) is 0.464. The molecule has 3 aromatic rings. The first kappa shape index (κ1) is 30.5. The van der Waals surface area contributed by atoms with Crippen molar-refractivity contribution in [1.82, 2.24) is 14.1 Å². The molecule has 0 amide bonds. The summed E-state index contributed by atoms with van der Waals surface area (Å²) >= 11 is 0. The number of benzene rings is 2. The number of halogens is 1. The number of hydrogen-bond acceptors (Lipinski definition) is 5. The highest BCUT2D eigenvalue weighted by Gasteiger charge is 2.50. The number of nitrogens with zero attached hydrogens (tertiary/aromatic N) is 3. The summed E-state index contributed by atoms with van der Waals surface area (Å²) in [7, 11) is -6.18. The first-order valence-electron chi connectivity index (χ1n) is 13.1. The van der Waals surface area contributed by atoms with E-state index in [0.29, 0.717) is 39.1 Å². The van der Waals surface area contributed by atoms with Crippen LogP contribution in [-0.4, -0.2) is 56.6 Å². The van der Waals surface area contributed by atoms with E-state index in [9.17, 15) is 8.42 Å². The van der Waals surface area contributed by atoms with E-state index in [0.717, 1.165) is 0 Å². The maximum atomic E-state index is 13.1. The molecule has 1 fully saturated rings. The number of sulfonamides is 1. The average molecular weight is 577 g/mol. The van der Waals surface area contributed by atoms with Gasteiger partial charge in [-0.05, 0) is 34.2 Å². The molecule has 1 atom stereocenters. The van der Waals surface area contributed by atoms with Gasteiger partial charge in [-0.15, -0.1) is 12.4 Å². The molecular formula is C28H41ClN4O3SSi. The van der Waals surface area contributed by atoms with Crippen LogP contribution in [0.4, 0.5) is 0 Å². The molecule has 1 aliphatic rings. The van der Waals surface area contributed by atoms with Crippen molar-refractivity contribution < 1.29 is 12.8 Å². The van der Waals surface area contributed by atoms with Gasteiger partial charge in [-0.25, -0.2) is 8.42 Å². The van der Waals surface area contributed by atoms with Gasteiger partial charge in [0.15, 0.2) is 0 Å². The summed E-state index contributed by atoms with van der Waals surface area (Å²) in [6.45, 7) is 10.9. The van der Waals surface area contributed by atoms with Gasteiger partial charge in [-0.2, -0.15) is 9.40 Å². The van der Waals surface area contributed by atoms with Crippen LogP contribution >= 0.6 is 12.4 Å². The average Bonchev–Trinajstić information content (AvgIpc) is 3.34. The van der Waals surface area contributed by atoms with Crippen molar-refractivity contribution in [3.8, 4) is 0 Å². The Kier molecular flexibility index (Phi) is 10.00. The minimum absolute atomic E-state index is 0. The maximum absolute atomic E-state index is 13.1. The Bertz CT molecular complexity index is 1220. The summed E-state index contributed by atoms with van der Waals surface area (Å²) < 4.78 is 36.5. The lowest BCUT2D eigenvalue weighted by atomic mass is 10.1. The first-order chi connectivity index (χ1) is 17.5. The van der Waals surface area contributed by atoms with Crippen LogP contribution in [0.15, 0.2) is 78.0 Å². The Balaban J connectivity index is 0.00000400. The van der Waals surface area contributed by atoms with Crippen LogP contribution in [0.1, 0.15) is 40.5 Å². The summed E-state index contributed by atoms with van der Waals surface area (Å²) in [5, 5.41) is 6.78. The van der Waals surface area contributed by atoms with Crippen LogP contribution in [0.3, 0.4) is 0 Å². The van der Waals surface area contributed by atoms with E-state index < -0.39 is 18.3 Å². The Hall–Kier alpha value is -2.01. The summed E-state index contributed by atoms with van der Waals surface area (Å²) in [6.07, 6.45) is 4.47. The third-order valence-corrected chi connectivity index (χ3v) is 14.1. The van der Waals surface area contributed by atoms with E-state index in [2.05, 4.69) is 81.3 Å². The molecule has 2 aromatic carbocycles. The lowest BCUT2D eigenvalue weighted by Crippen LogP contribution is -2.66. The Morgan fingerprint density at radius 1 is 1.03 bits per heavy atom. The van der Waals surface area contributed by atoms with Crippen molar-refractivity contribution in [3.05, 3.63) is 73.1 Å². The van der Waals surface area contributed by atoms with Crippen LogP contribution < -0.4 is 16.1 Å². The molecule has 1 aromatic heterocycles. The third kappa shape index (κ3) is 6.40. The molecule has 7 nitrogen and oxygen atoms in total. The fourth-order valence-electron chi connectivity index (χ4n) is 5.24. The minimum atomic E-state index is -3.56. The number of nitrogens with two attached hydrogens (primary N) is 1. The van der Waals surface area contributed by atoms with Gasteiger partial charge in [0.05, 0.1) is 6.20 Å². The van der Waals surface area contributed by atoms with Crippen molar-refractivity contribution in [3.63, 3.8) is 0 Å². The summed E-state index contributed by atoms with van der Waals surface area (Å²) in [5.41, 5.74) is 5.95. The molecule has 1 saturated heterocycles. The molecule has 0 saturated carbocycles. The smallest absolute Gasteiger partial charge is 0.261 e. The predicted octanol–water partition coefficient (Wildman–Crippen LogP) is 3.63. The molecular weight excluding hydrogens is 536 g/mol. The number of aromatic nitrogens is 2. The van der Waals surface area contributed by atoms with E-state index in [-0.39, 0.29) is 34.3 Å². The largest absolute Gasteiger partial charge is 0.407 e. The van der Waals surface area contributed by atoms with Gasteiger partial charge in [0.1, 0.15) is 4.90 Å². The molecule has 0 bridgehead atoms. The van der Waals surface area contributed by atoms with Gasteiger partial charge in [0, 0.05) is 38.5 Å². The van der Waals surface area contributed by atoms with Crippen molar-refractivity contribution in [2.24, 2.45) is 11.7 Å². The van der Waals surface area contributed by atoms with Crippen LogP contribution in [-0.2, 0) is 21.0 Å². The highest BCUT2D eigenvalue weighted by molar-refractivity contribution is 7.89. The molecule has 1 unspecified atom stereocenters. The Morgan fingerprint density at radius 2 is 1.55 bits per heavy atom. The number of piperidine rings is 1. The second-order valence-corrected chi connectivity index (χ2v) is 17.5. The van der Waals surface area contributed by atoms with Crippen LogP contribution in [0.2, 0.25) is 5.04 Å². The Morgan fingerprint density at radius 3 is 2.05 bits per heavy atom. The highest BCUT2D eigenvalue weighted by atomic mass is 35.5. The highest BCUT2D eigenvalue weighted by Crippen LogP contribution is 2.37. The minimum Gasteiger partial charge on any atom is -0.407 e. The van der Waals surface area contributed by atoms with Crippen molar-refractivity contribution in [2.75, 3.05) is 19.7 Å². The van der Waals surface area contributed by atoms with Gasteiger partial charge in [0.2, 0.25) is 10.0 Å². The van der Waals surface area contributed by atoms with Gasteiger partial charge < -0.3 is 10.2 Å². The van der Waals surface area contributed by atoms with Crippen LogP contribution in [0.5, 0.6) is 0 Å². The van der Waals surface area contributed by atoms with Gasteiger partial charge in [-0.3, -0.25) is 4.68 Å². The SMILES string of the molecule is CC(CO[Si](c1ccccc1)(c1ccccc1)C(C)(C)C)Cn1cc(S(=O)(=O)N2CCC(N)CC2)cn1.Cl. The zero-order valence-electron chi connectivity index (χ0n) is 22.8. The zero-order chi connectivity index (χ0) is 26.7. The molecule has 2 N–H and O–H groups in total. The molecule has 1 aliphatic heterocycles. The molecule has 4 rings (SSSR count). The molecule has 0 radical (unpaired) electrons. The molecule has 208 valence electrons. The van der Waals surface area contributed by atoms with Crippen molar-refractivity contribution >= 4 is 41.1 Å². The van der Waals surface area contributed by atoms with E-state index in [1.54, 1.807) is 10.9 Å². The van der Waals surface area contributed by atoms with E-state index in [1.165, 1.54) is 20.9 Å². The zero-order valence-corrected chi connectivity index (χ0v) is 25.4.